The van der Waals surface area contributed by atoms with Crippen molar-refractivity contribution in [3.8, 4) is 0 Å². The number of imidazole rings is 4. The van der Waals surface area contributed by atoms with Gasteiger partial charge in [-0.3, -0.25) is 54.5 Å². The molecule has 0 aromatic carbocycles. The zero-order valence-electron chi connectivity index (χ0n) is 46.2. The zero-order valence-corrected chi connectivity index (χ0v) is 50.7. The summed E-state index contributed by atoms with van der Waals surface area (Å²) in [7, 11) is -27.4. The Morgan fingerprint density at radius 2 is 0.591 bits per heavy atom. The van der Waals surface area contributed by atoms with Crippen molar-refractivity contribution in [1.29, 1.82) is 0 Å². The van der Waals surface area contributed by atoms with Gasteiger partial charge in [0, 0.05) is 0 Å². The Balaban J connectivity index is 0.757. The molecule has 504 valence electrons. The first-order valence-electron chi connectivity index (χ1n) is 26.3. The first-order chi connectivity index (χ1) is 43.8. The number of aliphatic hydroxyl groups is 4. The van der Waals surface area contributed by atoms with Gasteiger partial charge in [0.2, 0.25) is 0 Å². The molecular formula is C40H51N20O28P5. The maximum absolute atomic E-state index is 14.2. The number of ether oxygens (including phenoxy) is 4. The number of nitrogen functional groups attached to an aromatic ring is 4. The van der Waals surface area contributed by atoms with Crippen LogP contribution in [0.5, 0.6) is 0 Å². The largest absolute Gasteiger partial charge is 0.472 e. The molecule has 0 amide bonds. The molecule has 0 radical (unpaired) electrons. The molecule has 8 aromatic heterocycles. The molecule has 4 aliphatic heterocycles. The molecule has 19 N–H and O–H groups in total. The maximum Gasteiger partial charge on any atom is 0.472 e. The number of hydrogen-bond donors (Lipinski definition) is 15. The second-order valence-corrected chi connectivity index (χ2v) is 27.1. The Kier molecular flexibility index (Phi) is 18.1. The van der Waals surface area contributed by atoms with Crippen molar-refractivity contribution in [1.82, 2.24) is 78.1 Å². The van der Waals surface area contributed by atoms with Crippen molar-refractivity contribution in [3.05, 3.63) is 50.6 Å². The number of aliphatic hydroxyl groups excluding tert-OH is 4. The molecule has 12 heterocycles. The number of nitrogens with zero attached hydrogens (tertiary/aromatic N) is 16. The second-order valence-electron chi connectivity index (χ2n) is 20.4. The summed E-state index contributed by atoms with van der Waals surface area (Å²) in [5.74, 6) is -0.560. The van der Waals surface area contributed by atoms with Crippen LogP contribution in [0.3, 0.4) is 0 Å². The third-order valence-corrected chi connectivity index (χ3v) is 18.5. The summed E-state index contributed by atoms with van der Waals surface area (Å²) in [5, 5.41) is 46.3. The Labute approximate surface area is 514 Å². The van der Waals surface area contributed by atoms with Crippen molar-refractivity contribution in [3.63, 3.8) is 0 Å². The lowest BCUT2D eigenvalue weighted by molar-refractivity contribution is -0.0655. The van der Waals surface area contributed by atoms with Crippen LogP contribution in [0.4, 0.5) is 23.3 Å². The fourth-order valence-electron chi connectivity index (χ4n) is 10.4. The van der Waals surface area contributed by atoms with Gasteiger partial charge in [-0.15, -0.1) is 0 Å². The lowest BCUT2D eigenvalue weighted by Gasteiger charge is -2.25. The first-order valence-corrected chi connectivity index (χ1v) is 33.9. The molecule has 0 spiro atoms. The number of hydrogen-bond acceptors (Lipinski definition) is 37. The predicted molar refractivity (Wildman–Crippen MR) is 295 cm³/mol. The molecule has 12 rings (SSSR count). The molecular weight excluding hydrogens is 1360 g/mol. The number of phosphoric ester groups is 5. The third-order valence-electron chi connectivity index (χ3n) is 14.5. The highest BCUT2D eigenvalue weighted by Crippen LogP contribution is 2.55. The van der Waals surface area contributed by atoms with Gasteiger partial charge in [0.15, 0.2) is 70.8 Å². The monoisotopic (exact) mass is 1410 g/mol. The maximum atomic E-state index is 14.2. The van der Waals surface area contributed by atoms with Gasteiger partial charge in [0.25, 0.3) is 0 Å². The Bertz CT molecular complexity index is 4350. The molecule has 19 atom stereocenters. The molecule has 0 aliphatic carbocycles. The van der Waals surface area contributed by atoms with Crippen molar-refractivity contribution in [2.45, 2.75) is 98.2 Å². The number of nitrogens with two attached hydrogens (primary N) is 4. The quantitative estimate of drug-likeness (QED) is 0.0255. The van der Waals surface area contributed by atoms with Gasteiger partial charge >= 0.3 is 39.1 Å². The van der Waals surface area contributed by atoms with Crippen molar-refractivity contribution >= 4 is 107 Å². The average Bonchev–Trinajstić information content (AvgIpc) is 1.64. The minimum Gasteiger partial charge on any atom is -0.387 e. The summed E-state index contributed by atoms with van der Waals surface area (Å²) in [6.45, 7) is -4.43. The average molecular weight is 1410 g/mol. The van der Waals surface area contributed by atoms with Crippen LogP contribution >= 0.6 is 39.1 Å². The number of aromatic nitrogens is 16. The van der Waals surface area contributed by atoms with E-state index in [4.69, 9.17) is 73.5 Å². The number of anilines is 4. The molecule has 53 heteroatoms. The second kappa shape index (κ2) is 25.3. The van der Waals surface area contributed by atoms with Crippen LogP contribution in [-0.2, 0) is 78.0 Å². The molecule has 4 aliphatic rings. The number of rotatable bonds is 24. The lowest BCUT2D eigenvalue weighted by Crippen LogP contribution is -2.37. The van der Waals surface area contributed by atoms with E-state index in [1.807, 2.05) is 0 Å². The highest BCUT2D eigenvalue weighted by Gasteiger charge is 2.56. The molecule has 48 nitrogen and oxygen atoms in total. The molecule has 3 unspecified atom stereocenters. The molecule has 0 saturated carbocycles. The van der Waals surface area contributed by atoms with Crippen LogP contribution in [0, 0.1) is 0 Å². The summed E-state index contributed by atoms with van der Waals surface area (Å²) in [6, 6.07) is 0. The van der Waals surface area contributed by atoms with Gasteiger partial charge in [-0.2, -0.15) is 0 Å². The van der Waals surface area contributed by atoms with Crippen LogP contribution in [0.15, 0.2) is 50.6 Å². The minimum absolute atomic E-state index is 0.000116. The zero-order chi connectivity index (χ0) is 66.4. The predicted octanol–water partition coefficient (Wildman–Crippen LogP) is -4.20. The van der Waals surface area contributed by atoms with Crippen molar-refractivity contribution in [2.24, 2.45) is 0 Å². The van der Waals surface area contributed by atoms with Crippen LogP contribution in [0.1, 0.15) is 24.9 Å². The van der Waals surface area contributed by atoms with Gasteiger partial charge in [-0.25, -0.2) is 82.6 Å². The van der Waals surface area contributed by atoms with E-state index in [-0.39, 0.29) is 67.9 Å². The van der Waals surface area contributed by atoms with E-state index < -0.39 is 164 Å². The normalized spacial score (nSPS) is 30.7. The Hall–Kier alpha value is -6.37. The summed E-state index contributed by atoms with van der Waals surface area (Å²) in [4.78, 5) is 120. The SMILES string of the molecule is Nc1ncnc2c1ncn2[C@@H]1O[C@H](COP(=O)(O)O[C@@H]2[C@H](O)[C@@H](COP(=O)(O)O[C@H]3[C@H](O)[C@@H](COP(=O)(O)O[C@H]4[C@H](O)[C@@H](COP(=O)(O)O)O[C@H]4n4cnc5c(N)ncnc54)O[C@H]3n3cnc4c(N)ncnc43)O[C@H]2n2cnc3c(N)ncnc32)[C@@H](O)[C@H]1OP(=O)(O)O. The summed E-state index contributed by atoms with van der Waals surface area (Å²) < 4.78 is 135. The van der Waals surface area contributed by atoms with E-state index in [0.717, 1.165) is 68.9 Å². The van der Waals surface area contributed by atoms with Crippen LogP contribution in [0.25, 0.3) is 44.7 Å². The minimum atomic E-state index is -5.68. The van der Waals surface area contributed by atoms with E-state index in [9.17, 15) is 77.5 Å². The highest BCUT2D eigenvalue weighted by molar-refractivity contribution is 7.48. The summed E-state index contributed by atoms with van der Waals surface area (Å²) >= 11 is 0. The van der Waals surface area contributed by atoms with Gasteiger partial charge in [0.05, 0.1) is 51.7 Å². The molecule has 93 heavy (non-hydrogen) atoms. The molecule has 4 fully saturated rings. The van der Waals surface area contributed by atoms with E-state index in [1.54, 1.807) is 0 Å². The summed E-state index contributed by atoms with van der Waals surface area (Å²) in [5.41, 5.74) is 23.4. The Morgan fingerprint density at radius 1 is 0.355 bits per heavy atom. The van der Waals surface area contributed by atoms with E-state index >= 15 is 0 Å². The fraction of sp³-hybridized carbons (Fsp3) is 0.500. The van der Waals surface area contributed by atoms with Crippen LogP contribution in [-0.4, -0.2) is 232 Å². The van der Waals surface area contributed by atoms with Crippen LogP contribution in [0.2, 0.25) is 0 Å². The molecule has 4 saturated heterocycles. The Morgan fingerprint density at radius 3 is 0.828 bits per heavy atom. The van der Waals surface area contributed by atoms with Gasteiger partial charge in [0.1, 0.15) is 121 Å². The van der Waals surface area contributed by atoms with Crippen molar-refractivity contribution in [2.75, 3.05) is 49.4 Å². The third kappa shape index (κ3) is 13.6. The van der Waals surface area contributed by atoms with Gasteiger partial charge in [-0.05, 0) is 0 Å². The topological polar surface area (TPSA) is 697 Å². The summed E-state index contributed by atoms with van der Waals surface area (Å²) in [6.07, 6.45) is -22.3. The number of phosphoric acid groups is 5. The van der Waals surface area contributed by atoms with Gasteiger partial charge in [-0.1, -0.05) is 0 Å². The van der Waals surface area contributed by atoms with E-state index in [0.29, 0.717) is 0 Å². The standard InChI is InChI=1S/C40H51N20O28P5/c41-29-17-33(49-5-45-29)57(9-53-17)37-25(85-90(68,69)70)21(61)14(82-37)2-78-91(71,72)87-27-23(63)16(84-39(27)59-11-55-19-31(43)47-7-51-35(19)59)4-80-93(75,76)88-28-24(64)15(83-40(28)60-12-56-20-32(44)48-8-52-36(20)60)3-79-92(73,74)86-26-22(62)13(1-77-89(65,66)67)81-38(26)58-10-54-18-30(42)46-6-50-34(18)58/h5-16,21-28,37-40,61-64H,1-4H2,(H,71,72)(H,73,74)(H,75,76)(H2,41,45,49)(H2,42,46,50)(H2,43,47,51)(H2,44,48,52)(H2,65,66,67)(H2,68,69,70)/t13-,14-,15-,16-,21-,22-,23-,24-,25-,26+,27-,28+,37-,38-,39-,40-/m1/s1. The van der Waals surface area contributed by atoms with Crippen molar-refractivity contribution < 1.29 is 133 Å². The first kappa shape index (κ1) is 66.6. The fourth-order valence-corrected chi connectivity index (χ4v) is 14.1. The van der Waals surface area contributed by atoms with E-state index in [1.165, 1.54) is 0 Å². The molecule has 8 aromatic rings. The van der Waals surface area contributed by atoms with Crippen LogP contribution < -0.4 is 22.9 Å². The lowest BCUT2D eigenvalue weighted by atomic mass is 10.1. The van der Waals surface area contributed by atoms with E-state index in [2.05, 4.69) is 64.3 Å². The van der Waals surface area contributed by atoms with Gasteiger partial charge < -0.3 is 96.6 Å². The molecule has 0 bridgehead atoms. The smallest absolute Gasteiger partial charge is 0.387 e. The number of fused-ring (bicyclic) bond motifs is 4. The highest BCUT2D eigenvalue weighted by atomic mass is 31.2.